The molecule has 1 atom stereocenters. The Kier molecular flexibility index (Phi) is 3.88. The zero-order chi connectivity index (χ0) is 13.2. The number of nitrogens with zero attached hydrogens (tertiary/aromatic N) is 1. The molecule has 4 heteroatoms. The Morgan fingerprint density at radius 3 is 2.72 bits per heavy atom. The number of likely N-dealkylation sites (tertiary alicyclic amines) is 1. The quantitative estimate of drug-likeness (QED) is 0.861. The molecule has 0 saturated carbocycles. The smallest absolute Gasteiger partial charge is 0.146 e. The summed E-state index contributed by atoms with van der Waals surface area (Å²) in [5.74, 6) is -0.270. The minimum atomic E-state index is -0.424. The van der Waals surface area contributed by atoms with Crippen LogP contribution in [-0.2, 0) is 0 Å². The number of aliphatic hydroxyl groups excluding tert-OH is 1. The molecule has 1 fully saturated rings. The van der Waals surface area contributed by atoms with Gasteiger partial charge in [-0.25, -0.2) is 4.39 Å². The zero-order valence-electron chi connectivity index (χ0n) is 11.0. The summed E-state index contributed by atoms with van der Waals surface area (Å²) in [6, 6.07) is 7.06. The number of benzene rings is 1. The van der Waals surface area contributed by atoms with Crippen molar-refractivity contribution < 1.29 is 9.50 Å². The predicted octanol–water partition coefficient (Wildman–Crippen LogP) is 2.08. The molecule has 1 saturated heterocycles. The maximum Gasteiger partial charge on any atom is 0.146 e. The lowest BCUT2D eigenvalue weighted by Gasteiger charge is -2.31. The van der Waals surface area contributed by atoms with Crippen LogP contribution >= 0.6 is 0 Å². The van der Waals surface area contributed by atoms with E-state index in [-0.39, 0.29) is 12.4 Å². The standard InChI is InChI=1S/C14H21FN2O/c1-11(2)17-8-7-14(9-17,10-18)16-13-6-4-3-5-12(13)15/h3-6,11,16,18H,7-10H2,1-2H3. The fourth-order valence-electron chi connectivity index (χ4n) is 2.46. The normalized spacial score (nSPS) is 24.7. The number of aliphatic hydroxyl groups is 1. The summed E-state index contributed by atoms with van der Waals surface area (Å²) in [6.45, 7) is 5.97. The number of hydrogen-bond acceptors (Lipinski definition) is 3. The summed E-state index contributed by atoms with van der Waals surface area (Å²) in [7, 11) is 0. The molecule has 1 unspecified atom stereocenters. The zero-order valence-corrected chi connectivity index (χ0v) is 11.0. The maximum absolute atomic E-state index is 13.6. The van der Waals surface area contributed by atoms with Gasteiger partial charge in [-0.2, -0.15) is 0 Å². The van der Waals surface area contributed by atoms with Crippen LogP contribution in [0.5, 0.6) is 0 Å². The first-order valence-electron chi connectivity index (χ1n) is 6.44. The molecule has 0 spiro atoms. The van der Waals surface area contributed by atoms with Gasteiger partial charge in [0.1, 0.15) is 5.82 Å². The number of para-hydroxylation sites is 1. The van der Waals surface area contributed by atoms with E-state index in [1.165, 1.54) is 6.07 Å². The molecule has 100 valence electrons. The van der Waals surface area contributed by atoms with Crippen LogP contribution in [0.25, 0.3) is 0 Å². The van der Waals surface area contributed by atoms with Gasteiger partial charge in [-0.3, -0.25) is 4.90 Å². The molecule has 1 heterocycles. The van der Waals surface area contributed by atoms with E-state index in [4.69, 9.17) is 0 Å². The average molecular weight is 252 g/mol. The van der Waals surface area contributed by atoms with Gasteiger partial charge in [-0.05, 0) is 32.4 Å². The summed E-state index contributed by atoms with van der Waals surface area (Å²) in [5.41, 5.74) is 0.0454. The van der Waals surface area contributed by atoms with Gasteiger partial charge in [0.2, 0.25) is 0 Å². The predicted molar refractivity (Wildman–Crippen MR) is 71.2 cm³/mol. The molecule has 1 aliphatic heterocycles. The van der Waals surface area contributed by atoms with E-state index in [1.54, 1.807) is 18.2 Å². The molecular weight excluding hydrogens is 231 g/mol. The Balaban J connectivity index is 2.13. The van der Waals surface area contributed by atoms with Crippen molar-refractivity contribution in [2.24, 2.45) is 0 Å². The van der Waals surface area contributed by atoms with E-state index in [0.29, 0.717) is 11.7 Å². The molecular formula is C14H21FN2O. The van der Waals surface area contributed by atoms with Crippen molar-refractivity contribution in [3.63, 3.8) is 0 Å². The summed E-state index contributed by atoms with van der Waals surface area (Å²) in [6.07, 6.45) is 0.829. The molecule has 1 aliphatic rings. The van der Waals surface area contributed by atoms with Crippen LogP contribution in [0.1, 0.15) is 20.3 Å². The van der Waals surface area contributed by atoms with Crippen LogP contribution in [0.2, 0.25) is 0 Å². The van der Waals surface area contributed by atoms with Gasteiger partial charge in [0.05, 0.1) is 17.8 Å². The van der Waals surface area contributed by atoms with Gasteiger partial charge in [-0.1, -0.05) is 12.1 Å². The Hall–Kier alpha value is -1.13. The highest BCUT2D eigenvalue weighted by atomic mass is 19.1. The van der Waals surface area contributed by atoms with Crippen molar-refractivity contribution in [3.05, 3.63) is 30.1 Å². The Bertz CT molecular complexity index is 411. The maximum atomic E-state index is 13.6. The van der Waals surface area contributed by atoms with Crippen molar-refractivity contribution in [1.29, 1.82) is 0 Å². The third-order valence-corrected chi connectivity index (χ3v) is 3.69. The third-order valence-electron chi connectivity index (χ3n) is 3.69. The van der Waals surface area contributed by atoms with Gasteiger partial charge in [0.25, 0.3) is 0 Å². The third kappa shape index (κ3) is 2.65. The van der Waals surface area contributed by atoms with Crippen molar-refractivity contribution in [2.45, 2.75) is 31.8 Å². The van der Waals surface area contributed by atoms with Crippen molar-refractivity contribution >= 4 is 5.69 Å². The highest BCUT2D eigenvalue weighted by molar-refractivity contribution is 5.47. The first-order valence-corrected chi connectivity index (χ1v) is 6.44. The topological polar surface area (TPSA) is 35.5 Å². The molecule has 0 aliphatic carbocycles. The van der Waals surface area contributed by atoms with Gasteiger partial charge < -0.3 is 10.4 Å². The van der Waals surface area contributed by atoms with E-state index in [2.05, 4.69) is 24.1 Å². The second-order valence-electron chi connectivity index (χ2n) is 5.36. The highest BCUT2D eigenvalue weighted by Gasteiger charge is 2.38. The summed E-state index contributed by atoms with van der Waals surface area (Å²) >= 11 is 0. The molecule has 3 nitrogen and oxygen atoms in total. The number of hydrogen-bond donors (Lipinski definition) is 2. The number of nitrogens with one attached hydrogen (secondary N) is 1. The minimum Gasteiger partial charge on any atom is -0.394 e. The van der Waals surface area contributed by atoms with Gasteiger partial charge in [-0.15, -0.1) is 0 Å². The Morgan fingerprint density at radius 2 is 2.17 bits per heavy atom. The van der Waals surface area contributed by atoms with Crippen LogP contribution in [0.15, 0.2) is 24.3 Å². The summed E-state index contributed by atoms with van der Waals surface area (Å²) in [4.78, 5) is 2.30. The van der Waals surface area contributed by atoms with Crippen molar-refractivity contribution in [3.8, 4) is 0 Å². The Labute approximate surface area is 108 Å². The minimum absolute atomic E-state index is 0.0184. The molecule has 1 aromatic rings. The molecule has 0 radical (unpaired) electrons. The van der Waals surface area contributed by atoms with E-state index in [0.717, 1.165) is 19.5 Å². The molecule has 2 N–H and O–H groups in total. The summed E-state index contributed by atoms with van der Waals surface area (Å²) < 4.78 is 13.6. The molecule has 0 aromatic heterocycles. The first kappa shape index (κ1) is 13.3. The second-order valence-corrected chi connectivity index (χ2v) is 5.36. The van der Waals surface area contributed by atoms with Crippen molar-refractivity contribution in [2.75, 3.05) is 25.0 Å². The van der Waals surface area contributed by atoms with Crippen LogP contribution in [0, 0.1) is 5.82 Å². The van der Waals surface area contributed by atoms with Crippen LogP contribution in [0.4, 0.5) is 10.1 Å². The average Bonchev–Trinajstić information content (AvgIpc) is 2.77. The molecule has 2 rings (SSSR count). The molecule has 0 amide bonds. The Morgan fingerprint density at radius 1 is 1.44 bits per heavy atom. The lowest BCUT2D eigenvalue weighted by atomic mass is 9.99. The van der Waals surface area contributed by atoms with E-state index in [1.807, 2.05) is 0 Å². The summed E-state index contributed by atoms with van der Waals surface area (Å²) in [5, 5.41) is 12.8. The lowest BCUT2D eigenvalue weighted by Crippen LogP contribution is -2.46. The van der Waals surface area contributed by atoms with E-state index < -0.39 is 5.54 Å². The largest absolute Gasteiger partial charge is 0.394 e. The lowest BCUT2D eigenvalue weighted by molar-refractivity contribution is 0.196. The first-order chi connectivity index (χ1) is 8.56. The van der Waals surface area contributed by atoms with Crippen LogP contribution in [-0.4, -0.2) is 41.3 Å². The van der Waals surface area contributed by atoms with E-state index in [9.17, 15) is 9.50 Å². The number of rotatable bonds is 4. The van der Waals surface area contributed by atoms with Gasteiger partial charge in [0.15, 0.2) is 0 Å². The fourth-order valence-corrected chi connectivity index (χ4v) is 2.46. The second kappa shape index (κ2) is 5.24. The molecule has 0 bridgehead atoms. The SMILES string of the molecule is CC(C)N1CCC(CO)(Nc2ccccc2F)C1. The highest BCUT2D eigenvalue weighted by Crippen LogP contribution is 2.28. The van der Waals surface area contributed by atoms with Crippen molar-refractivity contribution in [1.82, 2.24) is 4.90 Å². The fraction of sp³-hybridized carbons (Fsp3) is 0.571. The number of halogens is 1. The molecule has 18 heavy (non-hydrogen) atoms. The monoisotopic (exact) mass is 252 g/mol. The molecule has 1 aromatic carbocycles. The van der Waals surface area contributed by atoms with Gasteiger partial charge in [0, 0.05) is 19.1 Å². The van der Waals surface area contributed by atoms with Crippen LogP contribution < -0.4 is 5.32 Å². The number of anilines is 1. The van der Waals surface area contributed by atoms with Gasteiger partial charge >= 0.3 is 0 Å². The van der Waals surface area contributed by atoms with Crippen LogP contribution in [0.3, 0.4) is 0 Å². The van der Waals surface area contributed by atoms with E-state index >= 15 is 0 Å².